The first-order chi connectivity index (χ1) is 24.0. The van der Waals surface area contributed by atoms with Crippen molar-refractivity contribution in [1.29, 1.82) is 0 Å². The molecule has 7 nitrogen and oxygen atoms in total. The quantitative estimate of drug-likeness (QED) is 0.127. The molecule has 5 aromatic carbocycles. The number of aromatic nitrogens is 1. The topological polar surface area (TPSA) is 88.8 Å². The van der Waals surface area contributed by atoms with Gasteiger partial charge in [0.05, 0.1) is 40.2 Å². The van der Waals surface area contributed by atoms with Crippen molar-refractivity contribution in [3.05, 3.63) is 164 Å². The molecule has 0 aliphatic carbocycles. The number of halogens is 3. The van der Waals surface area contributed by atoms with E-state index < -0.39 is 16.0 Å². The number of benzene rings is 5. The summed E-state index contributed by atoms with van der Waals surface area (Å²) in [6, 6.07) is 36.9. The lowest BCUT2D eigenvalue weighted by Crippen LogP contribution is -2.32. The number of carbonyl (C=O) groups is 1. The van der Waals surface area contributed by atoms with Crippen LogP contribution in [0.5, 0.6) is 5.75 Å². The predicted molar refractivity (Wildman–Crippen MR) is 202 cm³/mol. The van der Waals surface area contributed by atoms with E-state index >= 15 is 0 Å². The molecule has 0 saturated heterocycles. The lowest BCUT2D eigenvalue weighted by Gasteiger charge is -2.27. The van der Waals surface area contributed by atoms with Gasteiger partial charge in [-0.25, -0.2) is 13.2 Å². The number of ether oxygens (including phenoxy) is 1. The van der Waals surface area contributed by atoms with Gasteiger partial charge in [0.2, 0.25) is 10.0 Å². The van der Waals surface area contributed by atoms with Gasteiger partial charge in [0.25, 0.3) is 0 Å². The lowest BCUT2D eigenvalue weighted by atomic mass is 9.97. The Hall–Kier alpha value is -4.47. The Balaban J connectivity index is 1.50. The number of nitrogens with zero attached hydrogens (tertiary/aromatic N) is 2. The van der Waals surface area contributed by atoms with Crippen molar-refractivity contribution in [2.45, 2.75) is 18.9 Å². The van der Waals surface area contributed by atoms with Gasteiger partial charge in [0, 0.05) is 41.0 Å². The Morgan fingerprint density at radius 3 is 2.02 bits per heavy atom. The summed E-state index contributed by atoms with van der Waals surface area (Å²) < 4.78 is 36.3. The first-order valence-electron chi connectivity index (χ1n) is 15.8. The molecular weight excluding hydrogens is 715 g/mol. The van der Waals surface area contributed by atoms with Crippen molar-refractivity contribution in [3.63, 3.8) is 0 Å². The first kappa shape index (κ1) is 35.4. The Morgan fingerprint density at radius 2 is 1.44 bits per heavy atom. The number of carboxylic acids is 1. The second-order valence-corrected chi connectivity index (χ2v) is 14.9. The largest absolute Gasteiger partial charge is 0.493 e. The van der Waals surface area contributed by atoms with E-state index in [0.717, 1.165) is 33.3 Å². The smallest absolute Gasteiger partial charge is 0.335 e. The molecule has 0 saturated carbocycles. The van der Waals surface area contributed by atoms with Gasteiger partial charge in [-0.1, -0.05) is 95.5 Å². The summed E-state index contributed by atoms with van der Waals surface area (Å²) in [6.07, 6.45) is 1.96. The van der Waals surface area contributed by atoms with Crippen LogP contribution in [0.2, 0.25) is 15.1 Å². The zero-order valence-electron chi connectivity index (χ0n) is 27.0. The molecular formula is C39H33Cl3N2O5S. The van der Waals surface area contributed by atoms with E-state index in [1.54, 1.807) is 30.3 Å². The van der Waals surface area contributed by atoms with Crippen LogP contribution in [-0.4, -0.2) is 43.5 Å². The normalized spacial score (nSPS) is 11.6. The maximum atomic E-state index is 13.3. The summed E-state index contributed by atoms with van der Waals surface area (Å²) >= 11 is 19.2. The molecule has 0 bridgehead atoms. The van der Waals surface area contributed by atoms with Crippen LogP contribution in [0.15, 0.2) is 121 Å². The van der Waals surface area contributed by atoms with Gasteiger partial charge in [-0.15, -0.1) is 0 Å². The Kier molecular flexibility index (Phi) is 10.7. The number of hydrogen-bond acceptors (Lipinski definition) is 4. The van der Waals surface area contributed by atoms with E-state index in [0.29, 0.717) is 34.3 Å². The van der Waals surface area contributed by atoms with Crippen LogP contribution >= 0.6 is 34.8 Å². The van der Waals surface area contributed by atoms with E-state index in [-0.39, 0.29) is 29.8 Å². The molecule has 0 radical (unpaired) electrons. The average molecular weight is 748 g/mol. The van der Waals surface area contributed by atoms with Gasteiger partial charge >= 0.3 is 5.97 Å². The van der Waals surface area contributed by atoms with E-state index in [2.05, 4.69) is 28.8 Å². The van der Waals surface area contributed by atoms with Crippen molar-refractivity contribution in [3.8, 4) is 5.75 Å². The minimum Gasteiger partial charge on any atom is -0.493 e. The monoisotopic (exact) mass is 746 g/mol. The van der Waals surface area contributed by atoms with Crippen LogP contribution in [0.3, 0.4) is 0 Å². The van der Waals surface area contributed by atoms with Crippen molar-refractivity contribution < 1.29 is 23.1 Å². The molecule has 1 aromatic heterocycles. The lowest BCUT2D eigenvalue weighted by molar-refractivity contribution is 0.0697. The molecule has 50 heavy (non-hydrogen) atoms. The number of aromatic carboxylic acids is 1. The summed E-state index contributed by atoms with van der Waals surface area (Å²) in [5.41, 5.74) is 5.49. The molecule has 0 amide bonds. The maximum Gasteiger partial charge on any atom is 0.335 e. The molecule has 6 rings (SSSR count). The van der Waals surface area contributed by atoms with E-state index in [9.17, 15) is 18.3 Å². The van der Waals surface area contributed by atoms with Crippen LogP contribution in [-0.2, 0) is 22.9 Å². The average Bonchev–Trinajstić information content (AvgIpc) is 3.38. The van der Waals surface area contributed by atoms with Crippen molar-refractivity contribution >= 4 is 67.4 Å². The van der Waals surface area contributed by atoms with Gasteiger partial charge in [-0.3, -0.25) is 4.31 Å². The van der Waals surface area contributed by atoms with Crippen LogP contribution in [0.4, 0.5) is 5.69 Å². The first-order valence-corrected chi connectivity index (χ1v) is 18.8. The van der Waals surface area contributed by atoms with E-state index in [1.165, 1.54) is 22.7 Å². The summed E-state index contributed by atoms with van der Waals surface area (Å²) in [6.45, 7) is 0.386. The highest BCUT2D eigenvalue weighted by molar-refractivity contribution is 7.92. The predicted octanol–water partition coefficient (Wildman–Crippen LogP) is 9.57. The third-order valence-electron chi connectivity index (χ3n) is 8.54. The van der Waals surface area contributed by atoms with Gasteiger partial charge in [0.15, 0.2) is 0 Å². The fourth-order valence-corrected chi connectivity index (χ4v) is 7.70. The fourth-order valence-electron chi connectivity index (χ4n) is 6.31. The molecule has 0 aliphatic heterocycles. The Bertz CT molecular complexity index is 2200. The minimum atomic E-state index is -3.73. The van der Waals surface area contributed by atoms with Crippen LogP contribution in [0.25, 0.3) is 10.9 Å². The zero-order valence-corrected chi connectivity index (χ0v) is 30.1. The number of rotatable bonds is 13. The molecule has 0 spiro atoms. The highest BCUT2D eigenvalue weighted by Gasteiger charge is 2.27. The van der Waals surface area contributed by atoms with Crippen LogP contribution in [0.1, 0.15) is 38.8 Å². The van der Waals surface area contributed by atoms with Gasteiger partial charge in [0.1, 0.15) is 5.75 Å². The third kappa shape index (κ3) is 7.79. The summed E-state index contributed by atoms with van der Waals surface area (Å²) in [7, 11) is -3.73. The summed E-state index contributed by atoms with van der Waals surface area (Å²) in [5.74, 6) is -0.478. The van der Waals surface area contributed by atoms with Gasteiger partial charge in [-0.2, -0.15) is 0 Å². The second kappa shape index (κ2) is 15.2. The molecule has 0 atom stereocenters. The highest BCUT2D eigenvalue weighted by atomic mass is 35.5. The molecule has 256 valence electrons. The van der Waals surface area contributed by atoms with Crippen molar-refractivity contribution in [2.24, 2.45) is 0 Å². The Morgan fingerprint density at radius 1 is 0.800 bits per heavy atom. The summed E-state index contributed by atoms with van der Waals surface area (Å²) in [5, 5.41) is 11.4. The Labute approximate surface area is 306 Å². The number of fused-ring (bicyclic) bond motifs is 1. The number of sulfonamides is 1. The minimum absolute atomic E-state index is 0.113. The van der Waals surface area contributed by atoms with Crippen molar-refractivity contribution in [1.82, 2.24) is 4.57 Å². The standard InChI is InChI=1S/C39H33Cl3N2O5S/c1-50(47,48)43(30-15-18-34(41)35(42)25-30)22-20-37-32(21-23-49-31-16-12-28(13-17-31)39(45)46)33-24-29(40)14-19-36(33)44(37)38(26-8-4-2-5-9-26)27-10-6-3-7-11-27/h2-19,24-25,38H,20-23H2,1H3,(H,45,46). The number of anilines is 1. The summed E-state index contributed by atoms with van der Waals surface area (Å²) in [4.78, 5) is 11.3. The number of carboxylic acid groups (broad SMARTS) is 1. The maximum absolute atomic E-state index is 13.3. The molecule has 0 aliphatic rings. The van der Waals surface area contributed by atoms with Crippen LogP contribution < -0.4 is 9.04 Å². The van der Waals surface area contributed by atoms with Crippen molar-refractivity contribution in [2.75, 3.05) is 23.7 Å². The molecule has 6 aromatic rings. The van der Waals surface area contributed by atoms with Gasteiger partial charge in [-0.05, 0) is 77.4 Å². The van der Waals surface area contributed by atoms with E-state index in [4.69, 9.17) is 39.5 Å². The molecule has 1 heterocycles. The zero-order chi connectivity index (χ0) is 35.4. The molecule has 1 N–H and O–H groups in total. The van der Waals surface area contributed by atoms with Crippen LogP contribution in [0, 0.1) is 0 Å². The SMILES string of the molecule is CS(=O)(=O)N(CCc1c(CCOc2ccc(C(=O)O)cc2)c2cc(Cl)ccc2n1C(c1ccccc1)c1ccccc1)c1ccc(Cl)c(Cl)c1. The highest BCUT2D eigenvalue weighted by Crippen LogP contribution is 2.38. The molecule has 0 unspecified atom stereocenters. The van der Waals surface area contributed by atoms with Gasteiger partial charge < -0.3 is 14.4 Å². The molecule has 0 fully saturated rings. The second-order valence-electron chi connectivity index (χ2n) is 11.8. The molecule has 11 heteroatoms. The fraction of sp³-hybridized carbons (Fsp3) is 0.154. The third-order valence-corrected chi connectivity index (χ3v) is 10.7. The number of hydrogen-bond donors (Lipinski definition) is 1. The van der Waals surface area contributed by atoms with E-state index in [1.807, 2.05) is 54.6 Å².